The van der Waals surface area contributed by atoms with Crippen molar-refractivity contribution in [3.8, 4) is 5.75 Å². The molecule has 1 saturated heterocycles. The Kier molecular flexibility index (Phi) is 8.62. The van der Waals surface area contributed by atoms with Crippen LogP contribution >= 0.6 is 23.2 Å². The zero-order valence-electron chi connectivity index (χ0n) is 20.6. The lowest BCUT2D eigenvalue weighted by atomic mass is 9.93. The molecule has 1 aliphatic heterocycles. The highest BCUT2D eigenvalue weighted by molar-refractivity contribution is 6.33. The number of β-amino-alcohol motifs (C(OH)–C–C–N with tert-alkyl or cyclic N) is 1. The van der Waals surface area contributed by atoms with Gasteiger partial charge in [0.15, 0.2) is 0 Å². The summed E-state index contributed by atoms with van der Waals surface area (Å²) >= 11 is 12.8. The molecule has 0 unspecified atom stereocenters. The number of rotatable bonds is 9. The maximum atomic E-state index is 11.4. The minimum atomic E-state index is -1.13. The molecule has 4 rings (SSSR count). The molecular weight excluding hydrogens is 513 g/mol. The number of primary amides is 1. The number of amides is 1. The Morgan fingerprint density at radius 1 is 1.08 bits per heavy atom. The van der Waals surface area contributed by atoms with Gasteiger partial charge in [0.1, 0.15) is 12.4 Å². The van der Waals surface area contributed by atoms with Crippen molar-refractivity contribution in [3.63, 3.8) is 0 Å². The van der Waals surface area contributed by atoms with Crippen molar-refractivity contribution in [2.75, 3.05) is 44.3 Å². The number of halogens is 2. The zero-order valence-corrected chi connectivity index (χ0v) is 22.1. The molecule has 1 aliphatic rings. The van der Waals surface area contributed by atoms with Gasteiger partial charge in [0.25, 0.3) is 0 Å². The lowest BCUT2D eigenvalue weighted by Crippen LogP contribution is -2.52. The van der Waals surface area contributed by atoms with Crippen LogP contribution < -0.4 is 15.4 Å². The van der Waals surface area contributed by atoms with Gasteiger partial charge in [0.2, 0.25) is 5.91 Å². The molecule has 7 nitrogen and oxygen atoms in total. The monoisotopic (exact) mass is 543 g/mol. The maximum Gasteiger partial charge on any atom is 0.248 e. The van der Waals surface area contributed by atoms with E-state index in [1.54, 1.807) is 37.3 Å². The van der Waals surface area contributed by atoms with Gasteiger partial charge in [-0.15, -0.1) is 0 Å². The standard InChI is InChI=1S/C28H31Cl2N3O4/c1-28(36,21-6-2-20(3-7-21)27(31)35)18-32-12-13-33(26(17-32)19-4-8-22(29)9-5-19)25-11-10-23(16-24(25)30)37-15-14-34/h2-11,16,26,34,36H,12-15,17-18H2,1H3,(H2,31,35)/t26-,28-/m0/s1. The van der Waals surface area contributed by atoms with Crippen LogP contribution in [0, 0.1) is 0 Å². The van der Waals surface area contributed by atoms with Crippen LogP contribution in [0.25, 0.3) is 0 Å². The Balaban J connectivity index is 1.57. The third-order valence-electron chi connectivity index (χ3n) is 6.63. The van der Waals surface area contributed by atoms with E-state index in [1.807, 2.05) is 36.4 Å². The van der Waals surface area contributed by atoms with E-state index in [1.165, 1.54) is 0 Å². The first kappa shape index (κ1) is 27.2. The number of benzene rings is 3. The Labute approximate surface area is 227 Å². The van der Waals surface area contributed by atoms with Crippen molar-refractivity contribution < 1.29 is 19.7 Å². The second-order valence-electron chi connectivity index (χ2n) is 9.40. The van der Waals surface area contributed by atoms with Gasteiger partial charge in [-0.3, -0.25) is 9.69 Å². The summed E-state index contributed by atoms with van der Waals surface area (Å²) in [6.07, 6.45) is 0. The molecule has 37 heavy (non-hydrogen) atoms. The number of hydrogen-bond acceptors (Lipinski definition) is 6. The average Bonchev–Trinajstić information content (AvgIpc) is 2.88. The van der Waals surface area contributed by atoms with Gasteiger partial charge in [-0.2, -0.15) is 0 Å². The lowest BCUT2D eigenvalue weighted by molar-refractivity contribution is 0.0103. The van der Waals surface area contributed by atoms with Crippen molar-refractivity contribution in [1.29, 1.82) is 0 Å². The van der Waals surface area contributed by atoms with Crippen LogP contribution in [-0.4, -0.2) is 60.4 Å². The van der Waals surface area contributed by atoms with Crippen LogP contribution in [-0.2, 0) is 5.60 Å². The second-order valence-corrected chi connectivity index (χ2v) is 10.2. The number of hydrogen-bond donors (Lipinski definition) is 3. The van der Waals surface area contributed by atoms with Crippen molar-refractivity contribution >= 4 is 34.8 Å². The van der Waals surface area contributed by atoms with Crippen molar-refractivity contribution in [2.24, 2.45) is 5.73 Å². The fraction of sp³-hybridized carbons (Fsp3) is 0.321. The number of aliphatic hydroxyl groups is 2. The van der Waals surface area contributed by atoms with Gasteiger partial charge >= 0.3 is 0 Å². The molecule has 0 saturated carbocycles. The number of anilines is 1. The molecule has 4 N–H and O–H groups in total. The third-order valence-corrected chi connectivity index (χ3v) is 7.19. The molecule has 0 bridgehead atoms. The summed E-state index contributed by atoms with van der Waals surface area (Å²) in [6, 6.07) is 20.0. The Morgan fingerprint density at radius 3 is 2.41 bits per heavy atom. The summed E-state index contributed by atoms with van der Waals surface area (Å²) in [5, 5.41) is 21.6. The van der Waals surface area contributed by atoms with E-state index >= 15 is 0 Å². The molecule has 2 atom stereocenters. The molecule has 0 radical (unpaired) electrons. The number of aliphatic hydroxyl groups excluding tert-OH is 1. The highest BCUT2D eigenvalue weighted by atomic mass is 35.5. The van der Waals surface area contributed by atoms with E-state index in [-0.39, 0.29) is 19.3 Å². The van der Waals surface area contributed by atoms with E-state index in [2.05, 4.69) is 9.80 Å². The van der Waals surface area contributed by atoms with Gasteiger partial charge in [-0.25, -0.2) is 0 Å². The van der Waals surface area contributed by atoms with Gasteiger partial charge in [-0.05, 0) is 54.4 Å². The average molecular weight is 544 g/mol. The van der Waals surface area contributed by atoms with Crippen molar-refractivity contribution in [1.82, 2.24) is 4.90 Å². The molecule has 1 heterocycles. The summed E-state index contributed by atoms with van der Waals surface area (Å²) in [4.78, 5) is 15.9. The first-order valence-corrected chi connectivity index (χ1v) is 12.8. The molecule has 1 amide bonds. The molecule has 196 valence electrons. The predicted molar refractivity (Wildman–Crippen MR) is 147 cm³/mol. The molecule has 0 spiro atoms. The quantitative estimate of drug-likeness (QED) is 0.373. The fourth-order valence-electron chi connectivity index (χ4n) is 4.74. The molecule has 0 aliphatic carbocycles. The number of piperazine rings is 1. The van der Waals surface area contributed by atoms with Crippen LogP contribution in [0.4, 0.5) is 5.69 Å². The van der Waals surface area contributed by atoms with E-state index in [4.69, 9.17) is 38.8 Å². The summed E-state index contributed by atoms with van der Waals surface area (Å²) in [7, 11) is 0. The van der Waals surface area contributed by atoms with E-state index in [0.29, 0.717) is 53.1 Å². The fourth-order valence-corrected chi connectivity index (χ4v) is 5.14. The van der Waals surface area contributed by atoms with Gasteiger partial charge in [0, 0.05) is 42.8 Å². The predicted octanol–water partition coefficient (Wildman–Crippen LogP) is 4.23. The summed E-state index contributed by atoms with van der Waals surface area (Å²) in [5.41, 5.74) is 7.30. The lowest BCUT2D eigenvalue weighted by Gasteiger charge is -2.45. The van der Waals surface area contributed by atoms with Crippen LogP contribution in [0.2, 0.25) is 10.0 Å². The topological polar surface area (TPSA) is 99.3 Å². The first-order chi connectivity index (χ1) is 17.7. The smallest absolute Gasteiger partial charge is 0.248 e. The van der Waals surface area contributed by atoms with Gasteiger partial charge in [-0.1, -0.05) is 47.5 Å². The number of carbonyl (C=O) groups is 1. The molecule has 1 fully saturated rings. The summed E-state index contributed by atoms with van der Waals surface area (Å²) in [6.45, 7) is 4.35. The summed E-state index contributed by atoms with van der Waals surface area (Å²) < 4.78 is 5.51. The van der Waals surface area contributed by atoms with Gasteiger partial charge in [0.05, 0.1) is 29.0 Å². The highest BCUT2D eigenvalue weighted by Crippen LogP contribution is 2.38. The normalized spacial score (nSPS) is 17.9. The van der Waals surface area contributed by atoms with Crippen LogP contribution in [0.1, 0.15) is 34.5 Å². The van der Waals surface area contributed by atoms with Crippen LogP contribution in [0.15, 0.2) is 66.7 Å². The number of carbonyl (C=O) groups excluding carboxylic acids is 1. The van der Waals surface area contributed by atoms with E-state index < -0.39 is 11.5 Å². The number of nitrogens with zero attached hydrogens (tertiary/aromatic N) is 2. The largest absolute Gasteiger partial charge is 0.491 e. The van der Waals surface area contributed by atoms with Crippen molar-refractivity contribution in [3.05, 3.63) is 93.5 Å². The Morgan fingerprint density at radius 2 is 1.78 bits per heavy atom. The molecule has 0 aromatic heterocycles. The maximum absolute atomic E-state index is 11.4. The molecule has 3 aromatic rings. The second kappa shape index (κ2) is 11.7. The summed E-state index contributed by atoms with van der Waals surface area (Å²) in [5.74, 6) is 0.0997. The van der Waals surface area contributed by atoms with E-state index in [0.717, 1.165) is 11.3 Å². The third kappa shape index (κ3) is 6.55. The van der Waals surface area contributed by atoms with Crippen LogP contribution in [0.5, 0.6) is 5.75 Å². The van der Waals surface area contributed by atoms with Gasteiger partial charge < -0.3 is 25.6 Å². The van der Waals surface area contributed by atoms with Crippen LogP contribution in [0.3, 0.4) is 0 Å². The Bertz CT molecular complexity index is 1220. The minimum Gasteiger partial charge on any atom is -0.491 e. The molecule has 9 heteroatoms. The van der Waals surface area contributed by atoms with Crippen molar-refractivity contribution in [2.45, 2.75) is 18.6 Å². The highest BCUT2D eigenvalue weighted by Gasteiger charge is 2.34. The Hall–Kier alpha value is -2.81. The minimum absolute atomic E-state index is 0.0410. The zero-order chi connectivity index (χ0) is 26.6. The molecule has 3 aromatic carbocycles. The number of ether oxygens (including phenoxy) is 1. The first-order valence-electron chi connectivity index (χ1n) is 12.1. The SMILES string of the molecule is C[C@](O)(CN1CCN(c2ccc(OCCO)cc2Cl)[C@H](c2ccc(Cl)cc2)C1)c1ccc(C(N)=O)cc1. The van der Waals surface area contributed by atoms with E-state index in [9.17, 15) is 9.90 Å². The number of nitrogens with two attached hydrogens (primary N) is 1. The molecular formula is C28H31Cl2N3O4.